The summed E-state index contributed by atoms with van der Waals surface area (Å²) in [5, 5.41) is 15.0. The Morgan fingerprint density at radius 3 is 2.69 bits per heavy atom. The topological polar surface area (TPSA) is 99.0 Å². The highest BCUT2D eigenvalue weighted by molar-refractivity contribution is 5.91. The van der Waals surface area contributed by atoms with E-state index in [0.717, 1.165) is 17.7 Å². The average molecular weight is 393 g/mol. The number of esters is 1. The van der Waals surface area contributed by atoms with Gasteiger partial charge in [0.1, 0.15) is 6.54 Å². The number of ether oxygens (including phenoxy) is 1. The zero-order chi connectivity index (χ0) is 20.8. The van der Waals surface area contributed by atoms with Gasteiger partial charge in [-0.05, 0) is 49.2 Å². The van der Waals surface area contributed by atoms with Gasteiger partial charge < -0.3 is 10.1 Å². The fraction of sp³-hybridized carbons (Fsp3) is 0.286. The number of carbonyl (C=O) groups is 2. The summed E-state index contributed by atoms with van der Waals surface area (Å²) in [6.45, 7) is 5.54. The van der Waals surface area contributed by atoms with Gasteiger partial charge in [-0.15, -0.1) is 10.2 Å². The van der Waals surface area contributed by atoms with Gasteiger partial charge >= 0.3 is 5.97 Å². The van der Waals surface area contributed by atoms with Crippen molar-refractivity contribution in [3.8, 4) is 11.4 Å². The van der Waals surface area contributed by atoms with Crippen LogP contribution in [0.25, 0.3) is 11.4 Å². The van der Waals surface area contributed by atoms with Crippen molar-refractivity contribution in [1.29, 1.82) is 0 Å². The van der Waals surface area contributed by atoms with Crippen molar-refractivity contribution >= 4 is 17.6 Å². The Morgan fingerprint density at radius 2 is 1.93 bits per heavy atom. The Hall–Kier alpha value is -3.55. The maximum absolute atomic E-state index is 12.3. The lowest BCUT2D eigenvalue weighted by molar-refractivity contribution is -0.117. The highest BCUT2D eigenvalue weighted by atomic mass is 16.5. The maximum Gasteiger partial charge on any atom is 0.338 e. The van der Waals surface area contributed by atoms with Crippen molar-refractivity contribution in [3.05, 3.63) is 59.7 Å². The molecule has 0 fully saturated rings. The Balaban J connectivity index is 1.69. The summed E-state index contributed by atoms with van der Waals surface area (Å²) in [6.07, 6.45) is 0.610. The Bertz CT molecular complexity index is 1010. The van der Waals surface area contributed by atoms with Crippen LogP contribution in [0.1, 0.15) is 36.7 Å². The first-order valence-corrected chi connectivity index (χ1v) is 9.43. The normalized spacial score (nSPS) is 10.8. The van der Waals surface area contributed by atoms with E-state index >= 15 is 0 Å². The van der Waals surface area contributed by atoms with E-state index in [2.05, 4.69) is 20.7 Å². The lowest BCUT2D eigenvalue weighted by Gasteiger charge is -2.09. The fourth-order valence-electron chi connectivity index (χ4n) is 2.76. The second-order valence-corrected chi connectivity index (χ2v) is 6.74. The third-order valence-electron chi connectivity index (χ3n) is 4.11. The summed E-state index contributed by atoms with van der Waals surface area (Å²) in [4.78, 5) is 25.6. The number of nitrogens with zero attached hydrogens (tertiary/aromatic N) is 4. The van der Waals surface area contributed by atoms with Gasteiger partial charge in [-0.2, -0.15) is 4.80 Å². The number of hydrogen-bond acceptors (Lipinski definition) is 6. The van der Waals surface area contributed by atoms with Crippen LogP contribution in [0.2, 0.25) is 0 Å². The van der Waals surface area contributed by atoms with Gasteiger partial charge in [0.15, 0.2) is 0 Å². The van der Waals surface area contributed by atoms with Crippen LogP contribution in [0.5, 0.6) is 0 Å². The zero-order valence-electron chi connectivity index (χ0n) is 16.6. The van der Waals surface area contributed by atoms with Crippen LogP contribution in [0, 0.1) is 0 Å². The molecule has 0 radical (unpaired) electrons. The molecule has 0 atom stereocenters. The number of nitrogens with one attached hydrogen (secondary N) is 1. The monoisotopic (exact) mass is 393 g/mol. The van der Waals surface area contributed by atoms with E-state index in [0.29, 0.717) is 17.0 Å². The maximum atomic E-state index is 12.3. The molecule has 3 aromatic rings. The van der Waals surface area contributed by atoms with Gasteiger partial charge in [0.05, 0.1) is 11.7 Å². The molecule has 0 spiro atoms. The van der Waals surface area contributed by atoms with Crippen LogP contribution in [0.15, 0.2) is 48.5 Å². The number of amides is 1. The van der Waals surface area contributed by atoms with Crippen molar-refractivity contribution < 1.29 is 14.3 Å². The molecular weight excluding hydrogens is 370 g/mol. The van der Waals surface area contributed by atoms with Gasteiger partial charge in [0.25, 0.3) is 0 Å². The number of para-hydroxylation sites is 1. The second kappa shape index (κ2) is 9.09. The van der Waals surface area contributed by atoms with Gasteiger partial charge in [-0.3, -0.25) is 4.79 Å². The van der Waals surface area contributed by atoms with Gasteiger partial charge in [-0.25, -0.2) is 4.79 Å². The van der Waals surface area contributed by atoms with Crippen molar-refractivity contribution in [2.45, 2.75) is 39.8 Å². The molecule has 150 valence electrons. The number of carbonyl (C=O) groups excluding carboxylic acids is 2. The fourth-order valence-corrected chi connectivity index (χ4v) is 2.76. The quantitative estimate of drug-likeness (QED) is 0.619. The molecule has 1 aromatic heterocycles. The molecule has 0 aliphatic rings. The standard InChI is InChI=1S/C21H23N5O3/c1-4-15-8-5-6-11-18(15)22-19(27)13-26-24-20(23-25-26)16-9-7-10-17(12-16)21(28)29-14(2)3/h5-12,14H,4,13H2,1-3H3,(H,22,27). The summed E-state index contributed by atoms with van der Waals surface area (Å²) >= 11 is 0. The Labute approximate surface area is 168 Å². The molecule has 3 rings (SSSR count). The van der Waals surface area contributed by atoms with E-state index in [-0.39, 0.29) is 18.6 Å². The predicted molar refractivity (Wildman–Crippen MR) is 108 cm³/mol. The molecule has 29 heavy (non-hydrogen) atoms. The van der Waals surface area contributed by atoms with E-state index in [1.54, 1.807) is 38.1 Å². The number of tetrazole rings is 1. The van der Waals surface area contributed by atoms with Crippen molar-refractivity contribution in [1.82, 2.24) is 20.2 Å². The molecule has 1 N–H and O–H groups in total. The first-order valence-electron chi connectivity index (χ1n) is 9.43. The Kier molecular flexibility index (Phi) is 6.33. The van der Waals surface area contributed by atoms with E-state index in [1.807, 2.05) is 31.2 Å². The largest absolute Gasteiger partial charge is 0.459 e. The molecule has 0 saturated carbocycles. The molecule has 0 unspecified atom stereocenters. The molecule has 8 nitrogen and oxygen atoms in total. The van der Waals surface area contributed by atoms with Crippen LogP contribution in [0.4, 0.5) is 5.69 Å². The van der Waals surface area contributed by atoms with Gasteiger partial charge in [0, 0.05) is 11.3 Å². The van der Waals surface area contributed by atoms with Crippen LogP contribution in [-0.2, 0) is 22.5 Å². The summed E-state index contributed by atoms with van der Waals surface area (Å²) in [5.74, 6) is -0.335. The van der Waals surface area contributed by atoms with Crippen molar-refractivity contribution in [3.63, 3.8) is 0 Å². The van der Waals surface area contributed by atoms with Crippen molar-refractivity contribution in [2.75, 3.05) is 5.32 Å². The third-order valence-corrected chi connectivity index (χ3v) is 4.11. The van der Waals surface area contributed by atoms with Gasteiger partial charge in [-0.1, -0.05) is 37.3 Å². The highest BCUT2D eigenvalue weighted by Gasteiger charge is 2.14. The lowest BCUT2D eigenvalue weighted by Crippen LogP contribution is -2.21. The van der Waals surface area contributed by atoms with E-state index < -0.39 is 5.97 Å². The minimum absolute atomic E-state index is 0.0693. The van der Waals surface area contributed by atoms with Crippen LogP contribution < -0.4 is 5.32 Å². The molecule has 1 heterocycles. The molecule has 0 bridgehead atoms. The SMILES string of the molecule is CCc1ccccc1NC(=O)Cn1nnc(-c2cccc(C(=O)OC(C)C)c2)n1. The number of anilines is 1. The number of benzene rings is 2. The number of rotatable bonds is 7. The predicted octanol–water partition coefficient (Wildman–Crippen LogP) is 3.11. The summed E-state index contributed by atoms with van der Waals surface area (Å²) in [6, 6.07) is 14.4. The Morgan fingerprint density at radius 1 is 1.14 bits per heavy atom. The van der Waals surface area contributed by atoms with E-state index in [9.17, 15) is 9.59 Å². The molecular formula is C21H23N5O3. The van der Waals surface area contributed by atoms with Crippen LogP contribution >= 0.6 is 0 Å². The molecule has 0 aliphatic heterocycles. The molecule has 0 saturated heterocycles. The average Bonchev–Trinajstić information content (AvgIpc) is 3.16. The third kappa shape index (κ3) is 5.25. The van der Waals surface area contributed by atoms with E-state index in [1.165, 1.54) is 4.80 Å². The highest BCUT2D eigenvalue weighted by Crippen LogP contribution is 2.17. The van der Waals surface area contributed by atoms with Gasteiger partial charge in [0.2, 0.25) is 11.7 Å². The number of aromatic nitrogens is 4. The lowest BCUT2D eigenvalue weighted by atomic mass is 10.1. The number of aryl methyl sites for hydroxylation is 1. The minimum atomic E-state index is -0.414. The van der Waals surface area contributed by atoms with E-state index in [4.69, 9.17) is 4.74 Å². The molecule has 8 heteroatoms. The first-order chi connectivity index (χ1) is 14.0. The zero-order valence-corrected chi connectivity index (χ0v) is 16.6. The molecule has 2 aromatic carbocycles. The summed E-state index contributed by atoms with van der Waals surface area (Å²) in [7, 11) is 0. The smallest absolute Gasteiger partial charge is 0.338 e. The second-order valence-electron chi connectivity index (χ2n) is 6.74. The summed E-state index contributed by atoms with van der Waals surface area (Å²) < 4.78 is 5.21. The minimum Gasteiger partial charge on any atom is -0.459 e. The summed E-state index contributed by atoms with van der Waals surface area (Å²) in [5.41, 5.74) is 2.85. The van der Waals surface area contributed by atoms with Crippen LogP contribution in [0.3, 0.4) is 0 Å². The molecule has 0 aliphatic carbocycles. The van der Waals surface area contributed by atoms with Crippen molar-refractivity contribution in [2.24, 2.45) is 0 Å². The van der Waals surface area contributed by atoms with Crippen LogP contribution in [-0.4, -0.2) is 38.2 Å². The first kappa shape index (κ1) is 20.2. The molecule has 1 amide bonds. The number of hydrogen-bond donors (Lipinski definition) is 1.